The second-order valence-corrected chi connectivity index (χ2v) is 1.94. The van der Waals surface area contributed by atoms with Crippen LogP contribution < -0.4 is 5.32 Å². The van der Waals surface area contributed by atoms with Gasteiger partial charge in [-0.3, -0.25) is 0 Å². The van der Waals surface area contributed by atoms with Gasteiger partial charge in [0, 0.05) is 7.05 Å². The lowest BCUT2D eigenvalue weighted by atomic mass is 10.4. The summed E-state index contributed by atoms with van der Waals surface area (Å²) < 4.78 is 4.83. The minimum absolute atomic E-state index is 0.950. The number of methoxy groups -OCH3 is 1. The fourth-order valence-electron chi connectivity index (χ4n) is 0.579. The standard InChI is InChI=1S/C9H15NO/c1-4-5-6-7-9(10-2)8-11-3/h4-8,10H,1-3H3/b5-4-,7-6-,9-8-. The Hall–Kier alpha value is -1.18. The first-order chi connectivity index (χ1) is 5.35. The zero-order valence-electron chi connectivity index (χ0n) is 7.29. The SMILES string of the molecule is C\C=C/C=C\C(=C\OC)NC. The average molecular weight is 153 g/mol. The molecule has 0 aliphatic heterocycles. The van der Waals surface area contributed by atoms with E-state index in [1.165, 1.54) is 0 Å². The molecule has 0 amide bonds. The molecule has 0 aliphatic carbocycles. The van der Waals surface area contributed by atoms with Crippen LogP contribution in [0, 0.1) is 0 Å². The van der Waals surface area contributed by atoms with Gasteiger partial charge in [-0.15, -0.1) is 0 Å². The average Bonchev–Trinajstić information content (AvgIpc) is 2.03. The van der Waals surface area contributed by atoms with E-state index in [9.17, 15) is 0 Å². The Bertz CT molecular complexity index is 168. The van der Waals surface area contributed by atoms with E-state index in [4.69, 9.17) is 4.74 Å². The number of likely N-dealkylation sites (N-methyl/N-ethyl adjacent to an activating group) is 1. The van der Waals surface area contributed by atoms with Crippen molar-refractivity contribution in [3.05, 3.63) is 36.3 Å². The molecule has 0 fully saturated rings. The Labute approximate surface area is 68.3 Å². The van der Waals surface area contributed by atoms with Crippen LogP contribution in [0.15, 0.2) is 36.3 Å². The van der Waals surface area contributed by atoms with E-state index in [0.29, 0.717) is 0 Å². The molecular formula is C9H15NO. The van der Waals surface area contributed by atoms with Crippen molar-refractivity contribution in [2.75, 3.05) is 14.2 Å². The maximum atomic E-state index is 4.83. The van der Waals surface area contributed by atoms with Crippen LogP contribution in [0.4, 0.5) is 0 Å². The Balaban J connectivity index is 3.96. The van der Waals surface area contributed by atoms with Crippen molar-refractivity contribution in [2.45, 2.75) is 6.92 Å². The van der Waals surface area contributed by atoms with Crippen LogP contribution in [0.1, 0.15) is 6.92 Å². The molecule has 1 N–H and O–H groups in total. The molecule has 0 aromatic rings. The molecule has 0 spiro atoms. The van der Waals surface area contributed by atoms with E-state index in [1.54, 1.807) is 13.4 Å². The normalized spacial score (nSPS) is 12.8. The lowest BCUT2D eigenvalue weighted by Crippen LogP contribution is -2.02. The Morgan fingerprint density at radius 2 is 2.09 bits per heavy atom. The predicted molar refractivity (Wildman–Crippen MR) is 48.1 cm³/mol. The summed E-state index contributed by atoms with van der Waals surface area (Å²) >= 11 is 0. The predicted octanol–water partition coefficient (Wildman–Crippen LogP) is 1.83. The fourth-order valence-corrected chi connectivity index (χ4v) is 0.579. The van der Waals surface area contributed by atoms with Crippen LogP contribution >= 0.6 is 0 Å². The van der Waals surface area contributed by atoms with Gasteiger partial charge in [0.1, 0.15) is 6.26 Å². The van der Waals surface area contributed by atoms with E-state index in [0.717, 1.165) is 5.70 Å². The van der Waals surface area contributed by atoms with Gasteiger partial charge in [0.15, 0.2) is 0 Å². The fraction of sp³-hybridized carbons (Fsp3) is 0.333. The topological polar surface area (TPSA) is 21.3 Å². The summed E-state index contributed by atoms with van der Waals surface area (Å²) in [5.74, 6) is 0. The molecule has 2 nitrogen and oxygen atoms in total. The van der Waals surface area contributed by atoms with Gasteiger partial charge in [-0.05, 0) is 13.0 Å². The van der Waals surface area contributed by atoms with Crippen molar-refractivity contribution in [2.24, 2.45) is 0 Å². The molecule has 0 aromatic carbocycles. The van der Waals surface area contributed by atoms with Crippen LogP contribution in [0.3, 0.4) is 0 Å². The monoisotopic (exact) mass is 153 g/mol. The molecular weight excluding hydrogens is 138 g/mol. The van der Waals surface area contributed by atoms with Crippen molar-refractivity contribution < 1.29 is 4.74 Å². The minimum atomic E-state index is 0.950. The first-order valence-corrected chi connectivity index (χ1v) is 3.55. The number of nitrogens with one attached hydrogen (secondary N) is 1. The summed E-state index contributed by atoms with van der Waals surface area (Å²) in [5.41, 5.74) is 0.950. The molecule has 0 bridgehead atoms. The Morgan fingerprint density at radius 1 is 1.36 bits per heavy atom. The summed E-state index contributed by atoms with van der Waals surface area (Å²) in [5, 5.41) is 2.98. The van der Waals surface area contributed by atoms with Gasteiger partial charge in [-0.2, -0.15) is 0 Å². The molecule has 0 aliphatic rings. The van der Waals surface area contributed by atoms with Crippen LogP contribution in [0.5, 0.6) is 0 Å². The highest BCUT2D eigenvalue weighted by atomic mass is 16.5. The molecule has 0 saturated heterocycles. The first kappa shape index (κ1) is 9.82. The zero-order valence-corrected chi connectivity index (χ0v) is 7.29. The number of ether oxygens (including phenoxy) is 1. The highest BCUT2D eigenvalue weighted by Crippen LogP contribution is 1.90. The van der Waals surface area contributed by atoms with E-state index in [-0.39, 0.29) is 0 Å². The molecule has 0 radical (unpaired) electrons. The molecule has 11 heavy (non-hydrogen) atoms. The second-order valence-electron chi connectivity index (χ2n) is 1.94. The van der Waals surface area contributed by atoms with E-state index < -0.39 is 0 Å². The zero-order chi connectivity index (χ0) is 8.53. The first-order valence-electron chi connectivity index (χ1n) is 3.55. The van der Waals surface area contributed by atoms with Crippen LogP contribution in [0.2, 0.25) is 0 Å². The quantitative estimate of drug-likeness (QED) is 0.491. The summed E-state index contributed by atoms with van der Waals surface area (Å²) in [6.07, 6.45) is 9.46. The van der Waals surface area contributed by atoms with Gasteiger partial charge in [-0.25, -0.2) is 0 Å². The highest BCUT2D eigenvalue weighted by Gasteiger charge is 1.82. The smallest absolute Gasteiger partial charge is 0.106 e. The maximum absolute atomic E-state index is 4.83. The van der Waals surface area contributed by atoms with Crippen molar-refractivity contribution in [1.82, 2.24) is 5.32 Å². The summed E-state index contributed by atoms with van der Waals surface area (Å²) in [6.45, 7) is 1.98. The molecule has 62 valence electrons. The van der Waals surface area contributed by atoms with E-state index in [1.807, 2.05) is 38.3 Å². The molecule has 0 heterocycles. The van der Waals surface area contributed by atoms with Gasteiger partial charge in [-0.1, -0.05) is 18.2 Å². The van der Waals surface area contributed by atoms with Crippen molar-refractivity contribution in [1.29, 1.82) is 0 Å². The lowest BCUT2D eigenvalue weighted by Gasteiger charge is -1.97. The number of allylic oxidation sites excluding steroid dienone is 4. The maximum Gasteiger partial charge on any atom is 0.106 e. The van der Waals surface area contributed by atoms with Gasteiger partial charge >= 0.3 is 0 Å². The van der Waals surface area contributed by atoms with Gasteiger partial charge in [0.2, 0.25) is 0 Å². The Morgan fingerprint density at radius 3 is 2.55 bits per heavy atom. The van der Waals surface area contributed by atoms with E-state index >= 15 is 0 Å². The lowest BCUT2D eigenvalue weighted by molar-refractivity contribution is 0.333. The van der Waals surface area contributed by atoms with Crippen LogP contribution in [0.25, 0.3) is 0 Å². The van der Waals surface area contributed by atoms with Crippen molar-refractivity contribution in [3.8, 4) is 0 Å². The number of hydrogen-bond donors (Lipinski definition) is 1. The van der Waals surface area contributed by atoms with Gasteiger partial charge in [0.25, 0.3) is 0 Å². The van der Waals surface area contributed by atoms with E-state index in [2.05, 4.69) is 5.32 Å². The third-order valence-corrected chi connectivity index (χ3v) is 1.11. The molecule has 0 aromatic heterocycles. The summed E-state index contributed by atoms with van der Waals surface area (Å²) in [6, 6.07) is 0. The van der Waals surface area contributed by atoms with Crippen molar-refractivity contribution >= 4 is 0 Å². The third kappa shape index (κ3) is 5.27. The number of rotatable bonds is 4. The molecule has 0 unspecified atom stereocenters. The third-order valence-electron chi connectivity index (χ3n) is 1.11. The van der Waals surface area contributed by atoms with Gasteiger partial charge in [0.05, 0.1) is 12.8 Å². The summed E-state index contributed by atoms with van der Waals surface area (Å²) in [7, 11) is 3.48. The van der Waals surface area contributed by atoms with Crippen LogP contribution in [-0.4, -0.2) is 14.2 Å². The second kappa shape index (κ2) is 6.93. The molecule has 0 saturated carbocycles. The van der Waals surface area contributed by atoms with Crippen molar-refractivity contribution in [3.63, 3.8) is 0 Å². The largest absolute Gasteiger partial charge is 0.502 e. The van der Waals surface area contributed by atoms with Gasteiger partial charge < -0.3 is 10.1 Å². The highest BCUT2D eigenvalue weighted by molar-refractivity contribution is 5.18. The summed E-state index contributed by atoms with van der Waals surface area (Å²) in [4.78, 5) is 0. The molecule has 0 rings (SSSR count). The molecule has 0 atom stereocenters. The minimum Gasteiger partial charge on any atom is -0.502 e. The number of hydrogen-bond acceptors (Lipinski definition) is 2. The molecule has 2 heteroatoms. The Kier molecular flexibility index (Phi) is 6.19. The van der Waals surface area contributed by atoms with Crippen LogP contribution in [-0.2, 0) is 4.74 Å².